The smallest absolute Gasteiger partial charge is 0.235 e. The molecule has 0 fully saturated rings. The summed E-state index contributed by atoms with van der Waals surface area (Å²) in [7, 11) is -2.16. The summed E-state index contributed by atoms with van der Waals surface area (Å²) in [6, 6.07) is 14.0. The highest BCUT2D eigenvalue weighted by Crippen LogP contribution is 2.25. The number of aryl methyl sites for hydroxylation is 1. The van der Waals surface area contributed by atoms with E-state index in [1.165, 1.54) is 0 Å². The first-order valence-electron chi connectivity index (χ1n) is 9.08. The minimum atomic E-state index is -3.73. The van der Waals surface area contributed by atoms with Crippen molar-refractivity contribution in [3.05, 3.63) is 70.6 Å². The van der Waals surface area contributed by atoms with Gasteiger partial charge in [-0.3, -0.25) is 4.79 Å². The first-order valence-corrected chi connectivity index (χ1v) is 11.3. The van der Waals surface area contributed by atoms with E-state index in [-0.39, 0.29) is 18.1 Å². The molecular weight excluding hydrogens is 428 g/mol. The molecule has 158 valence electrons. The fourth-order valence-corrected chi connectivity index (χ4v) is 4.24. The summed E-state index contributed by atoms with van der Waals surface area (Å²) in [5.41, 5.74) is 1.75. The number of carbonyl (C=O) groups excluding carboxylic acids is 1. The van der Waals surface area contributed by atoms with Crippen molar-refractivity contribution in [2.45, 2.75) is 19.2 Å². The third kappa shape index (κ3) is 5.84. The first kappa shape index (κ1) is 21.9. The number of amides is 1. The molecule has 1 aromatic heterocycles. The molecule has 0 radical (unpaired) electrons. The fourth-order valence-electron chi connectivity index (χ4n) is 2.76. The van der Waals surface area contributed by atoms with Gasteiger partial charge in [0.05, 0.1) is 18.6 Å². The van der Waals surface area contributed by atoms with Crippen molar-refractivity contribution in [3.63, 3.8) is 0 Å². The van der Waals surface area contributed by atoms with Crippen LogP contribution >= 0.6 is 11.6 Å². The summed E-state index contributed by atoms with van der Waals surface area (Å²) >= 11 is 5.98. The summed E-state index contributed by atoms with van der Waals surface area (Å²) in [6.45, 7) is 1.86. The van der Waals surface area contributed by atoms with Gasteiger partial charge in [-0.1, -0.05) is 29.8 Å². The van der Waals surface area contributed by atoms with Gasteiger partial charge in [-0.05, 0) is 42.8 Å². The molecule has 30 heavy (non-hydrogen) atoms. The van der Waals surface area contributed by atoms with E-state index in [0.29, 0.717) is 22.1 Å². The minimum Gasteiger partial charge on any atom is -0.497 e. The van der Waals surface area contributed by atoms with Crippen LogP contribution in [0.4, 0.5) is 0 Å². The maximum atomic E-state index is 12.5. The zero-order valence-electron chi connectivity index (χ0n) is 16.5. The topological polar surface area (TPSA) is 98.5 Å². The third-order valence-corrected chi connectivity index (χ3v) is 5.97. The normalized spacial score (nSPS) is 11.3. The van der Waals surface area contributed by atoms with Crippen LogP contribution in [0.3, 0.4) is 0 Å². The largest absolute Gasteiger partial charge is 0.497 e. The van der Waals surface area contributed by atoms with Gasteiger partial charge in [0, 0.05) is 17.1 Å². The second-order valence-corrected chi connectivity index (χ2v) is 9.19. The van der Waals surface area contributed by atoms with Crippen molar-refractivity contribution >= 4 is 27.3 Å². The molecule has 0 bridgehead atoms. The summed E-state index contributed by atoms with van der Waals surface area (Å²) in [4.78, 5) is 16.4. The Morgan fingerprint density at radius 3 is 2.60 bits per heavy atom. The van der Waals surface area contributed by atoms with E-state index in [9.17, 15) is 13.2 Å². The SMILES string of the molecule is COc1ccc(CNC(=O)CS(=O)(=O)Cc2nc(-c3cccc(Cl)c3)oc2C)cc1. The molecule has 2 aromatic carbocycles. The summed E-state index contributed by atoms with van der Waals surface area (Å²) in [6.07, 6.45) is 0. The van der Waals surface area contributed by atoms with Gasteiger partial charge in [0.15, 0.2) is 9.84 Å². The number of halogens is 1. The van der Waals surface area contributed by atoms with Crippen molar-refractivity contribution < 1.29 is 22.4 Å². The number of rotatable bonds is 8. The van der Waals surface area contributed by atoms with Gasteiger partial charge < -0.3 is 14.5 Å². The molecular formula is C21H21ClN2O5S. The molecule has 3 aromatic rings. The Kier molecular flexibility index (Phi) is 6.79. The Balaban J connectivity index is 1.61. The monoisotopic (exact) mass is 448 g/mol. The van der Waals surface area contributed by atoms with Crippen molar-refractivity contribution in [2.24, 2.45) is 0 Å². The van der Waals surface area contributed by atoms with Gasteiger partial charge in [-0.25, -0.2) is 13.4 Å². The van der Waals surface area contributed by atoms with Crippen molar-refractivity contribution in [1.82, 2.24) is 10.3 Å². The lowest BCUT2D eigenvalue weighted by atomic mass is 10.2. The molecule has 7 nitrogen and oxygen atoms in total. The number of benzene rings is 2. The van der Waals surface area contributed by atoms with Gasteiger partial charge in [0.25, 0.3) is 0 Å². The maximum absolute atomic E-state index is 12.5. The summed E-state index contributed by atoms with van der Waals surface area (Å²) in [5, 5.41) is 3.13. The predicted octanol–water partition coefficient (Wildman–Crippen LogP) is 3.54. The number of nitrogens with one attached hydrogen (secondary N) is 1. The molecule has 3 rings (SSSR count). The van der Waals surface area contributed by atoms with E-state index in [0.717, 1.165) is 5.56 Å². The fraction of sp³-hybridized carbons (Fsp3) is 0.238. The third-order valence-electron chi connectivity index (χ3n) is 4.32. The molecule has 1 amide bonds. The minimum absolute atomic E-state index is 0.222. The van der Waals surface area contributed by atoms with E-state index in [1.54, 1.807) is 62.6 Å². The number of ether oxygens (including phenoxy) is 1. The van der Waals surface area contributed by atoms with Gasteiger partial charge in [-0.2, -0.15) is 0 Å². The molecule has 0 aliphatic rings. The van der Waals surface area contributed by atoms with Crippen LogP contribution in [0.1, 0.15) is 17.0 Å². The average molecular weight is 449 g/mol. The van der Waals surface area contributed by atoms with Gasteiger partial charge >= 0.3 is 0 Å². The number of carbonyl (C=O) groups is 1. The Hall–Kier alpha value is -2.84. The molecule has 0 spiro atoms. The summed E-state index contributed by atoms with van der Waals surface area (Å²) in [5.74, 6) is -0.243. The highest BCUT2D eigenvalue weighted by Gasteiger charge is 2.22. The Morgan fingerprint density at radius 1 is 1.20 bits per heavy atom. The van der Waals surface area contributed by atoms with Crippen LogP contribution in [0, 0.1) is 6.92 Å². The molecule has 1 N–H and O–H groups in total. The van der Waals surface area contributed by atoms with Crippen LogP contribution in [0.5, 0.6) is 5.75 Å². The van der Waals surface area contributed by atoms with Crippen molar-refractivity contribution in [1.29, 1.82) is 0 Å². The number of oxazole rings is 1. The van der Waals surface area contributed by atoms with Gasteiger partial charge in [0.1, 0.15) is 17.3 Å². The number of aromatic nitrogens is 1. The van der Waals surface area contributed by atoms with E-state index in [4.69, 9.17) is 20.8 Å². The van der Waals surface area contributed by atoms with Crippen LogP contribution in [0.15, 0.2) is 52.9 Å². The lowest BCUT2D eigenvalue weighted by Crippen LogP contribution is -2.30. The molecule has 1 heterocycles. The van der Waals surface area contributed by atoms with Gasteiger partial charge in [0.2, 0.25) is 11.8 Å². The van der Waals surface area contributed by atoms with E-state index >= 15 is 0 Å². The Morgan fingerprint density at radius 2 is 1.93 bits per heavy atom. The molecule has 0 saturated carbocycles. The highest BCUT2D eigenvalue weighted by atomic mass is 35.5. The lowest BCUT2D eigenvalue weighted by molar-refractivity contribution is -0.118. The maximum Gasteiger partial charge on any atom is 0.235 e. The van der Waals surface area contributed by atoms with Crippen LogP contribution in [0.25, 0.3) is 11.5 Å². The van der Waals surface area contributed by atoms with E-state index < -0.39 is 27.3 Å². The van der Waals surface area contributed by atoms with E-state index in [2.05, 4.69) is 10.3 Å². The Labute approximate surface area is 180 Å². The second kappa shape index (κ2) is 9.32. The average Bonchev–Trinajstić information content (AvgIpc) is 3.06. The van der Waals surface area contributed by atoms with Crippen LogP contribution < -0.4 is 10.1 Å². The zero-order chi connectivity index (χ0) is 21.7. The number of nitrogens with zero attached hydrogens (tertiary/aromatic N) is 1. The van der Waals surface area contributed by atoms with Crippen molar-refractivity contribution in [3.8, 4) is 17.2 Å². The number of hydrogen-bond acceptors (Lipinski definition) is 6. The lowest BCUT2D eigenvalue weighted by Gasteiger charge is -2.07. The molecule has 0 aliphatic heterocycles. The van der Waals surface area contributed by atoms with Crippen LogP contribution in [0.2, 0.25) is 5.02 Å². The van der Waals surface area contributed by atoms with Crippen LogP contribution in [-0.2, 0) is 26.9 Å². The van der Waals surface area contributed by atoms with E-state index in [1.807, 2.05) is 0 Å². The van der Waals surface area contributed by atoms with Gasteiger partial charge in [-0.15, -0.1) is 0 Å². The molecule has 0 aliphatic carbocycles. The Bertz CT molecular complexity index is 1140. The summed E-state index contributed by atoms with van der Waals surface area (Å²) < 4.78 is 35.6. The molecule has 0 atom stereocenters. The predicted molar refractivity (Wildman–Crippen MR) is 114 cm³/mol. The quantitative estimate of drug-likeness (QED) is 0.566. The molecule has 9 heteroatoms. The second-order valence-electron chi connectivity index (χ2n) is 6.69. The zero-order valence-corrected chi connectivity index (χ0v) is 18.1. The molecule has 0 saturated heterocycles. The highest BCUT2D eigenvalue weighted by molar-refractivity contribution is 7.91. The van der Waals surface area contributed by atoms with Crippen LogP contribution in [-0.4, -0.2) is 32.2 Å². The standard InChI is InChI=1S/C21H21ClN2O5S/c1-14-19(24-21(29-14)16-4-3-5-17(22)10-16)12-30(26,27)13-20(25)23-11-15-6-8-18(28-2)9-7-15/h3-10H,11-13H2,1-2H3,(H,23,25). The first-order chi connectivity index (χ1) is 14.3. The molecule has 0 unspecified atom stereocenters. The van der Waals surface area contributed by atoms with Crippen molar-refractivity contribution in [2.75, 3.05) is 12.9 Å². The number of sulfone groups is 1. The number of hydrogen-bond donors (Lipinski definition) is 1. The number of methoxy groups -OCH3 is 1.